The summed E-state index contributed by atoms with van der Waals surface area (Å²) in [5.74, 6) is -0.595. The molecule has 2 aromatic rings. The quantitative estimate of drug-likeness (QED) is 0.532. The number of ether oxygens (including phenoxy) is 2. The van der Waals surface area contributed by atoms with Crippen LogP contribution < -0.4 is 14.8 Å². The Morgan fingerprint density at radius 2 is 1.93 bits per heavy atom. The van der Waals surface area contributed by atoms with E-state index < -0.39 is 23.3 Å². The van der Waals surface area contributed by atoms with Crippen LogP contribution in [-0.4, -0.2) is 48.9 Å². The van der Waals surface area contributed by atoms with Crippen molar-refractivity contribution >= 4 is 34.8 Å². The third-order valence-corrected chi connectivity index (χ3v) is 3.89. The van der Waals surface area contributed by atoms with E-state index in [4.69, 9.17) is 21.1 Å². The first kappa shape index (κ1) is 21.0. The van der Waals surface area contributed by atoms with Gasteiger partial charge in [-0.1, -0.05) is 23.7 Å². The number of methoxy groups -OCH3 is 1. The smallest absolute Gasteiger partial charge is 0.310 e. The van der Waals surface area contributed by atoms with Gasteiger partial charge in [0.15, 0.2) is 12.4 Å². The fourth-order valence-corrected chi connectivity index (χ4v) is 2.42. The first-order valence-electron chi connectivity index (χ1n) is 8.05. The molecule has 0 aromatic heterocycles. The largest absolute Gasteiger partial charge is 0.495 e. The molecule has 0 spiro atoms. The van der Waals surface area contributed by atoms with Gasteiger partial charge in [-0.2, -0.15) is 0 Å². The lowest BCUT2D eigenvalue weighted by Crippen LogP contribution is -2.37. The second kappa shape index (κ2) is 9.56. The summed E-state index contributed by atoms with van der Waals surface area (Å²) >= 11 is 5.91. The Labute approximate surface area is 165 Å². The predicted molar refractivity (Wildman–Crippen MR) is 103 cm³/mol. The maximum absolute atomic E-state index is 12.2. The van der Waals surface area contributed by atoms with Gasteiger partial charge in [-0.3, -0.25) is 19.7 Å². The Bertz CT molecular complexity index is 889. The Kier molecular flexibility index (Phi) is 7.16. The fourth-order valence-electron chi connectivity index (χ4n) is 2.25. The summed E-state index contributed by atoms with van der Waals surface area (Å²) in [6.45, 7) is -0.705. The third kappa shape index (κ3) is 5.58. The Hall–Kier alpha value is -3.33. The van der Waals surface area contributed by atoms with Crippen LogP contribution in [0.1, 0.15) is 0 Å². The zero-order chi connectivity index (χ0) is 20.7. The van der Waals surface area contributed by atoms with Crippen LogP contribution in [0.25, 0.3) is 0 Å². The SMILES string of the molecule is COc1ccc(Cl)cc1NC(=O)CN(C)C(=O)COc1ccccc1[N+](=O)[O-]. The summed E-state index contributed by atoms with van der Waals surface area (Å²) in [6.07, 6.45) is 0. The van der Waals surface area contributed by atoms with E-state index in [2.05, 4.69) is 5.32 Å². The Morgan fingerprint density at radius 3 is 2.61 bits per heavy atom. The highest BCUT2D eigenvalue weighted by molar-refractivity contribution is 6.31. The normalized spacial score (nSPS) is 10.1. The zero-order valence-corrected chi connectivity index (χ0v) is 15.9. The molecule has 0 aliphatic carbocycles. The minimum Gasteiger partial charge on any atom is -0.495 e. The molecule has 0 heterocycles. The molecule has 9 nitrogen and oxygen atoms in total. The van der Waals surface area contributed by atoms with E-state index in [1.165, 1.54) is 38.4 Å². The molecule has 28 heavy (non-hydrogen) atoms. The van der Waals surface area contributed by atoms with Crippen molar-refractivity contribution in [2.75, 3.05) is 32.6 Å². The van der Waals surface area contributed by atoms with Gasteiger partial charge in [0.2, 0.25) is 5.91 Å². The van der Waals surface area contributed by atoms with Gasteiger partial charge in [-0.05, 0) is 24.3 Å². The molecule has 0 saturated heterocycles. The molecule has 2 rings (SSSR count). The monoisotopic (exact) mass is 407 g/mol. The molecule has 148 valence electrons. The third-order valence-electron chi connectivity index (χ3n) is 3.66. The van der Waals surface area contributed by atoms with Crippen molar-refractivity contribution < 1.29 is 24.0 Å². The second-order valence-corrected chi connectivity index (χ2v) is 6.09. The van der Waals surface area contributed by atoms with Crippen LogP contribution in [-0.2, 0) is 9.59 Å². The van der Waals surface area contributed by atoms with E-state index in [1.54, 1.807) is 18.2 Å². The fraction of sp³-hybridized carbons (Fsp3) is 0.222. The van der Waals surface area contributed by atoms with E-state index >= 15 is 0 Å². The van der Waals surface area contributed by atoms with Crippen molar-refractivity contribution in [1.82, 2.24) is 4.90 Å². The van der Waals surface area contributed by atoms with Gasteiger partial charge in [0.1, 0.15) is 5.75 Å². The van der Waals surface area contributed by atoms with Crippen LogP contribution in [0.4, 0.5) is 11.4 Å². The molecule has 0 unspecified atom stereocenters. The Balaban J connectivity index is 1.93. The molecule has 0 radical (unpaired) electrons. The minimum absolute atomic E-state index is 0.0256. The van der Waals surface area contributed by atoms with Gasteiger partial charge in [-0.15, -0.1) is 0 Å². The number of carbonyl (C=O) groups is 2. The predicted octanol–water partition coefficient (Wildman–Crippen LogP) is 2.73. The minimum atomic E-state index is -0.602. The summed E-state index contributed by atoms with van der Waals surface area (Å²) in [6, 6.07) is 10.5. The number of anilines is 1. The standard InChI is InChI=1S/C18H18ClN3O6/c1-21(10-17(23)20-13-9-12(19)7-8-15(13)27-2)18(24)11-28-16-6-4-3-5-14(16)22(25)26/h3-9H,10-11H2,1-2H3,(H,20,23). The molecule has 0 fully saturated rings. The van der Waals surface area contributed by atoms with E-state index in [0.29, 0.717) is 16.5 Å². The number of amides is 2. The van der Waals surface area contributed by atoms with Crippen LogP contribution in [0, 0.1) is 10.1 Å². The van der Waals surface area contributed by atoms with Gasteiger partial charge in [0, 0.05) is 18.1 Å². The van der Waals surface area contributed by atoms with Gasteiger partial charge in [0.05, 0.1) is 24.3 Å². The number of likely N-dealkylation sites (N-methyl/N-ethyl adjacent to an activating group) is 1. The van der Waals surface area contributed by atoms with Gasteiger partial charge in [0.25, 0.3) is 5.91 Å². The highest BCUT2D eigenvalue weighted by atomic mass is 35.5. The molecule has 2 aromatic carbocycles. The number of hydrogen-bond donors (Lipinski definition) is 1. The maximum Gasteiger partial charge on any atom is 0.310 e. The lowest BCUT2D eigenvalue weighted by Gasteiger charge is -2.18. The number of benzene rings is 2. The summed E-state index contributed by atoms with van der Waals surface area (Å²) in [4.78, 5) is 35.9. The molecular weight excluding hydrogens is 390 g/mol. The van der Waals surface area contributed by atoms with Crippen LogP contribution in [0.3, 0.4) is 0 Å². The first-order chi connectivity index (χ1) is 13.3. The lowest BCUT2D eigenvalue weighted by atomic mass is 10.3. The molecular formula is C18H18ClN3O6. The number of hydrogen-bond acceptors (Lipinski definition) is 6. The van der Waals surface area contributed by atoms with Crippen molar-refractivity contribution in [3.05, 3.63) is 57.6 Å². The van der Waals surface area contributed by atoms with Crippen LogP contribution in [0.5, 0.6) is 11.5 Å². The van der Waals surface area contributed by atoms with Crippen molar-refractivity contribution in [3.63, 3.8) is 0 Å². The summed E-state index contributed by atoms with van der Waals surface area (Å²) in [5, 5.41) is 14.0. The average Bonchev–Trinajstić information content (AvgIpc) is 2.66. The van der Waals surface area contributed by atoms with Crippen molar-refractivity contribution in [1.29, 1.82) is 0 Å². The molecule has 0 atom stereocenters. The molecule has 1 N–H and O–H groups in total. The number of para-hydroxylation sites is 2. The lowest BCUT2D eigenvalue weighted by molar-refractivity contribution is -0.385. The van der Waals surface area contributed by atoms with Crippen molar-refractivity contribution in [2.45, 2.75) is 0 Å². The molecule has 10 heteroatoms. The number of nitrogens with one attached hydrogen (secondary N) is 1. The highest BCUT2D eigenvalue weighted by Crippen LogP contribution is 2.28. The van der Waals surface area contributed by atoms with Crippen molar-refractivity contribution in [2.24, 2.45) is 0 Å². The van der Waals surface area contributed by atoms with Gasteiger partial charge < -0.3 is 19.7 Å². The van der Waals surface area contributed by atoms with E-state index in [-0.39, 0.29) is 18.0 Å². The topological polar surface area (TPSA) is 111 Å². The number of nitro groups is 1. The van der Waals surface area contributed by atoms with Crippen LogP contribution in [0.2, 0.25) is 5.02 Å². The van der Waals surface area contributed by atoms with E-state index in [9.17, 15) is 19.7 Å². The number of carbonyl (C=O) groups excluding carboxylic acids is 2. The van der Waals surface area contributed by atoms with Gasteiger partial charge in [-0.25, -0.2) is 0 Å². The Morgan fingerprint density at radius 1 is 1.21 bits per heavy atom. The molecule has 0 aliphatic rings. The molecule has 2 amide bonds. The first-order valence-corrected chi connectivity index (χ1v) is 8.43. The van der Waals surface area contributed by atoms with Crippen LogP contribution in [0.15, 0.2) is 42.5 Å². The maximum atomic E-state index is 12.2. The molecule has 0 bridgehead atoms. The summed E-state index contributed by atoms with van der Waals surface area (Å²) in [7, 11) is 2.87. The van der Waals surface area contributed by atoms with E-state index in [1.807, 2.05) is 0 Å². The second-order valence-electron chi connectivity index (χ2n) is 5.66. The molecule has 0 saturated carbocycles. The van der Waals surface area contributed by atoms with Crippen LogP contribution >= 0.6 is 11.6 Å². The number of halogens is 1. The van der Waals surface area contributed by atoms with E-state index in [0.717, 1.165) is 4.90 Å². The summed E-state index contributed by atoms with van der Waals surface area (Å²) in [5.41, 5.74) is 0.126. The van der Waals surface area contributed by atoms with Crippen molar-refractivity contribution in [3.8, 4) is 11.5 Å². The number of nitro benzene ring substituents is 1. The summed E-state index contributed by atoms with van der Waals surface area (Å²) < 4.78 is 10.4. The zero-order valence-electron chi connectivity index (χ0n) is 15.2. The van der Waals surface area contributed by atoms with Gasteiger partial charge >= 0.3 is 5.69 Å². The number of rotatable bonds is 8. The molecule has 0 aliphatic heterocycles. The highest BCUT2D eigenvalue weighted by Gasteiger charge is 2.18. The average molecular weight is 408 g/mol. The number of nitrogens with zero attached hydrogens (tertiary/aromatic N) is 2.